The fraction of sp³-hybridized carbons (Fsp3) is 0.235. The molecule has 0 atom stereocenters. The number of carbonyl (C=O) groups is 1. The zero-order chi connectivity index (χ0) is 15.8. The molecule has 2 rings (SSSR count). The first kappa shape index (κ1) is 16.0. The first-order valence-corrected chi connectivity index (χ1v) is 7.17. The van der Waals surface area contributed by atoms with E-state index in [1.165, 1.54) is 6.07 Å². The number of hydrogen-bond donors (Lipinski definition) is 3. The smallest absolute Gasteiger partial charge is 0.251 e. The average molecular weight is 302 g/mol. The van der Waals surface area contributed by atoms with Gasteiger partial charge in [0.1, 0.15) is 5.82 Å². The van der Waals surface area contributed by atoms with Gasteiger partial charge in [0.05, 0.1) is 0 Å². The second-order valence-electron chi connectivity index (χ2n) is 4.86. The highest BCUT2D eigenvalue weighted by Crippen LogP contribution is 2.13. The van der Waals surface area contributed by atoms with Crippen LogP contribution in [0, 0.1) is 5.82 Å². The van der Waals surface area contributed by atoms with Crippen LogP contribution in [0.4, 0.5) is 10.1 Å². The van der Waals surface area contributed by atoms with E-state index < -0.39 is 0 Å². The van der Waals surface area contributed by atoms with Crippen LogP contribution in [0.15, 0.2) is 48.5 Å². The largest absolute Gasteiger partial charge is 0.396 e. The minimum atomic E-state index is -0.241. The van der Waals surface area contributed by atoms with Gasteiger partial charge in [0.2, 0.25) is 0 Å². The molecule has 2 aromatic rings. The van der Waals surface area contributed by atoms with Crippen LogP contribution < -0.4 is 10.6 Å². The highest BCUT2D eigenvalue weighted by atomic mass is 19.1. The molecule has 1 amide bonds. The quantitative estimate of drug-likeness (QED) is 0.689. The van der Waals surface area contributed by atoms with Gasteiger partial charge in [0, 0.05) is 36.5 Å². The van der Waals surface area contributed by atoms with Crippen molar-refractivity contribution in [3.8, 4) is 0 Å². The number of aliphatic hydroxyl groups is 1. The Bertz CT molecular complexity index is 614. The Morgan fingerprint density at radius 1 is 1.09 bits per heavy atom. The SMILES string of the molecule is O=C(NCCCO)c1ccc(NCc2ccccc2F)cc1. The number of aliphatic hydroxyl groups excluding tert-OH is 1. The maximum absolute atomic E-state index is 13.5. The Hall–Kier alpha value is -2.40. The van der Waals surface area contributed by atoms with Crippen molar-refractivity contribution < 1.29 is 14.3 Å². The van der Waals surface area contributed by atoms with Crippen molar-refractivity contribution in [1.29, 1.82) is 0 Å². The van der Waals surface area contributed by atoms with Crippen molar-refractivity contribution in [2.75, 3.05) is 18.5 Å². The second-order valence-corrected chi connectivity index (χ2v) is 4.86. The van der Waals surface area contributed by atoms with E-state index in [1.54, 1.807) is 42.5 Å². The Balaban J connectivity index is 1.89. The Labute approximate surface area is 129 Å². The number of rotatable bonds is 7. The van der Waals surface area contributed by atoms with E-state index in [0.29, 0.717) is 30.6 Å². The molecule has 0 aliphatic heterocycles. The third-order valence-electron chi connectivity index (χ3n) is 3.21. The molecule has 0 heterocycles. The molecule has 0 radical (unpaired) electrons. The van der Waals surface area contributed by atoms with E-state index in [9.17, 15) is 9.18 Å². The van der Waals surface area contributed by atoms with Crippen molar-refractivity contribution in [3.63, 3.8) is 0 Å². The fourth-order valence-corrected chi connectivity index (χ4v) is 1.96. The predicted octanol–water partition coefficient (Wildman–Crippen LogP) is 2.55. The van der Waals surface area contributed by atoms with Gasteiger partial charge in [-0.3, -0.25) is 4.79 Å². The van der Waals surface area contributed by atoms with Gasteiger partial charge >= 0.3 is 0 Å². The topological polar surface area (TPSA) is 61.4 Å². The summed E-state index contributed by atoms with van der Waals surface area (Å²) >= 11 is 0. The summed E-state index contributed by atoms with van der Waals surface area (Å²) < 4.78 is 13.5. The summed E-state index contributed by atoms with van der Waals surface area (Å²) in [4.78, 5) is 11.8. The summed E-state index contributed by atoms with van der Waals surface area (Å²) in [5.41, 5.74) is 1.96. The van der Waals surface area contributed by atoms with Crippen LogP contribution in [0.1, 0.15) is 22.3 Å². The summed E-state index contributed by atoms with van der Waals surface area (Å²) in [6, 6.07) is 13.6. The number of nitrogens with one attached hydrogen (secondary N) is 2. The van der Waals surface area contributed by atoms with Gasteiger partial charge in [-0.15, -0.1) is 0 Å². The summed E-state index contributed by atoms with van der Waals surface area (Å²) in [7, 11) is 0. The molecule has 116 valence electrons. The number of benzene rings is 2. The van der Waals surface area contributed by atoms with Crippen LogP contribution in [0.2, 0.25) is 0 Å². The Morgan fingerprint density at radius 2 is 1.82 bits per heavy atom. The number of hydrogen-bond acceptors (Lipinski definition) is 3. The van der Waals surface area contributed by atoms with E-state index in [0.717, 1.165) is 5.69 Å². The van der Waals surface area contributed by atoms with Crippen molar-refractivity contribution in [2.24, 2.45) is 0 Å². The maximum Gasteiger partial charge on any atom is 0.251 e. The molecule has 0 spiro atoms. The van der Waals surface area contributed by atoms with Gasteiger partial charge < -0.3 is 15.7 Å². The summed E-state index contributed by atoms with van der Waals surface area (Å²) in [6.45, 7) is 0.885. The van der Waals surface area contributed by atoms with Crippen LogP contribution in [0.3, 0.4) is 0 Å². The van der Waals surface area contributed by atoms with Crippen molar-refractivity contribution in [2.45, 2.75) is 13.0 Å². The number of anilines is 1. The molecule has 2 aromatic carbocycles. The van der Waals surface area contributed by atoms with Gasteiger partial charge in [-0.1, -0.05) is 18.2 Å². The number of amides is 1. The van der Waals surface area contributed by atoms with Crippen LogP contribution in [-0.2, 0) is 6.54 Å². The number of carbonyl (C=O) groups excluding carboxylic acids is 1. The lowest BCUT2D eigenvalue weighted by Crippen LogP contribution is -2.24. The lowest BCUT2D eigenvalue weighted by molar-refractivity contribution is 0.0951. The second kappa shape index (κ2) is 8.14. The normalized spacial score (nSPS) is 10.3. The van der Waals surface area contributed by atoms with E-state index in [2.05, 4.69) is 10.6 Å². The molecular formula is C17H19FN2O2. The van der Waals surface area contributed by atoms with E-state index in [1.807, 2.05) is 0 Å². The molecule has 0 saturated heterocycles. The Morgan fingerprint density at radius 3 is 2.50 bits per heavy atom. The monoisotopic (exact) mass is 302 g/mol. The van der Waals surface area contributed by atoms with Crippen molar-refractivity contribution >= 4 is 11.6 Å². The lowest BCUT2D eigenvalue weighted by atomic mass is 10.1. The van der Waals surface area contributed by atoms with Crippen LogP contribution in [0.5, 0.6) is 0 Å². The van der Waals surface area contributed by atoms with E-state index in [-0.39, 0.29) is 18.3 Å². The highest BCUT2D eigenvalue weighted by molar-refractivity contribution is 5.94. The first-order valence-electron chi connectivity index (χ1n) is 7.17. The predicted molar refractivity (Wildman–Crippen MR) is 84.2 cm³/mol. The minimum Gasteiger partial charge on any atom is -0.396 e. The summed E-state index contributed by atoms with van der Waals surface area (Å²) in [6.07, 6.45) is 0.536. The zero-order valence-corrected chi connectivity index (χ0v) is 12.2. The number of halogens is 1. The molecule has 0 aromatic heterocycles. The minimum absolute atomic E-state index is 0.0547. The molecule has 22 heavy (non-hydrogen) atoms. The summed E-state index contributed by atoms with van der Waals surface area (Å²) in [5, 5.41) is 14.5. The molecule has 0 unspecified atom stereocenters. The third kappa shape index (κ3) is 4.56. The fourth-order valence-electron chi connectivity index (χ4n) is 1.96. The third-order valence-corrected chi connectivity index (χ3v) is 3.21. The van der Waals surface area contributed by atoms with E-state index >= 15 is 0 Å². The Kier molecular flexibility index (Phi) is 5.91. The van der Waals surface area contributed by atoms with Gasteiger partial charge in [-0.05, 0) is 36.8 Å². The van der Waals surface area contributed by atoms with Gasteiger partial charge in [-0.25, -0.2) is 4.39 Å². The molecular weight excluding hydrogens is 283 g/mol. The first-order chi connectivity index (χ1) is 10.7. The van der Waals surface area contributed by atoms with Crippen LogP contribution >= 0.6 is 0 Å². The van der Waals surface area contributed by atoms with Gasteiger partial charge in [0.25, 0.3) is 5.91 Å². The standard InChI is InChI=1S/C17H19FN2O2/c18-16-5-2-1-4-14(16)12-20-15-8-6-13(7-9-15)17(22)19-10-3-11-21/h1-2,4-9,20-21H,3,10-12H2,(H,19,22). The van der Waals surface area contributed by atoms with Crippen LogP contribution in [-0.4, -0.2) is 24.2 Å². The highest BCUT2D eigenvalue weighted by Gasteiger charge is 2.05. The molecule has 0 aliphatic rings. The van der Waals surface area contributed by atoms with Crippen LogP contribution in [0.25, 0.3) is 0 Å². The van der Waals surface area contributed by atoms with Gasteiger partial charge in [0.15, 0.2) is 0 Å². The molecule has 0 aliphatic carbocycles. The molecule has 5 heteroatoms. The molecule has 3 N–H and O–H groups in total. The molecule has 0 saturated carbocycles. The van der Waals surface area contributed by atoms with Gasteiger partial charge in [-0.2, -0.15) is 0 Å². The molecule has 4 nitrogen and oxygen atoms in total. The molecule has 0 bridgehead atoms. The lowest BCUT2D eigenvalue weighted by Gasteiger charge is -2.09. The summed E-state index contributed by atoms with van der Waals surface area (Å²) in [5.74, 6) is -0.413. The van der Waals surface area contributed by atoms with Crippen molar-refractivity contribution in [3.05, 3.63) is 65.5 Å². The zero-order valence-electron chi connectivity index (χ0n) is 12.2. The maximum atomic E-state index is 13.5. The van der Waals surface area contributed by atoms with E-state index in [4.69, 9.17) is 5.11 Å². The average Bonchev–Trinajstić information content (AvgIpc) is 2.55. The molecule has 0 fully saturated rings. The van der Waals surface area contributed by atoms with Crippen molar-refractivity contribution in [1.82, 2.24) is 5.32 Å².